The van der Waals surface area contributed by atoms with Crippen LogP contribution in [0.4, 0.5) is 10.7 Å². The van der Waals surface area contributed by atoms with Crippen molar-refractivity contribution in [2.24, 2.45) is 0 Å². The number of hydrogen-bond acceptors (Lipinski definition) is 7. The molecule has 0 aromatic carbocycles. The number of nitriles is 1. The molecule has 0 spiro atoms. The number of sulfone groups is 1. The van der Waals surface area contributed by atoms with Gasteiger partial charge in [-0.2, -0.15) is 5.26 Å². The number of nitrogens with two attached hydrogens (primary N) is 1. The lowest BCUT2D eigenvalue weighted by molar-refractivity contribution is 0.120. The second-order valence-electron chi connectivity index (χ2n) is 4.53. The van der Waals surface area contributed by atoms with E-state index in [2.05, 4.69) is 5.32 Å². The number of nitrogen functional groups attached to an aromatic ring is 1. The van der Waals surface area contributed by atoms with Crippen LogP contribution in [0.5, 0.6) is 0 Å². The lowest BCUT2D eigenvalue weighted by Crippen LogP contribution is -2.19. The molecule has 20 heavy (non-hydrogen) atoms. The second kappa shape index (κ2) is 5.99. The van der Waals surface area contributed by atoms with Gasteiger partial charge >= 0.3 is 0 Å². The van der Waals surface area contributed by atoms with Gasteiger partial charge in [-0.1, -0.05) is 6.92 Å². The van der Waals surface area contributed by atoms with Gasteiger partial charge in [0.05, 0.1) is 17.5 Å². The largest absolute Gasteiger partial charge is 0.396 e. The molecule has 0 aliphatic carbocycles. The van der Waals surface area contributed by atoms with Gasteiger partial charge in [0.1, 0.15) is 20.8 Å². The van der Waals surface area contributed by atoms with Gasteiger partial charge in [-0.05, 0) is 12.8 Å². The first kappa shape index (κ1) is 15.1. The zero-order chi connectivity index (χ0) is 14.8. The van der Waals surface area contributed by atoms with E-state index in [0.29, 0.717) is 11.5 Å². The summed E-state index contributed by atoms with van der Waals surface area (Å²) < 4.78 is 29.7. The standard InChI is InChI=1S/C12H17N3O3S2/c1-2-20(16,17)11-10(14)9(6-13)19-12(11)15-7-8-4-3-5-18-8/h8,15H,2-5,7,14H2,1H3. The molecule has 6 nitrogen and oxygen atoms in total. The predicted molar refractivity (Wildman–Crippen MR) is 78.6 cm³/mol. The fraction of sp³-hybridized carbons (Fsp3) is 0.583. The quantitative estimate of drug-likeness (QED) is 0.854. The highest BCUT2D eigenvalue weighted by atomic mass is 32.2. The molecule has 3 N–H and O–H groups in total. The first-order valence-electron chi connectivity index (χ1n) is 6.40. The van der Waals surface area contributed by atoms with Crippen molar-refractivity contribution in [1.29, 1.82) is 5.26 Å². The minimum absolute atomic E-state index is 0.0482. The maximum Gasteiger partial charge on any atom is 0.183 e. The molecule has 2 heterocycles. The van der Waals surface area contributed by atoms with Crippen molar-refractivity contribution in [1.82, 2.24) is 0 Å². The van der Waals surface area contributed by atoms with Gasteiger partial charge in [-0.25, -0.2) is 8.42 Å². The lowest BCUT2D eigenvalue weighted by atomic mass is 10.2. The average Bonchev–Trinajstić information content (AvgIpc) is 3.03. The van der Waals surface area contributed by atoms with Crippen LogP contribution in [-0.4, -0.2) is 33.4 Å². The van der Waals surface area contributed by atoms with E-state index in [9.17, 15) is 8.42 Å². The molecule has 1 aromatic heterocycles. The number of ether oxygens (including phenoxy) is 1. The molecule has 0 amide bonds. The van der Waals surface area contributed by atoms with Crippen LogP contribution in [0, 0.1) is 11.3 Å². The maximum atomic E-state index is 12.1. The van der Waals surface area contributed by atoms with E-state index < -0.39 is 9.84 Å². The molecule has 8 heteroatoms. The van der Waals surface area contributed by atoms with E-state index in [1.165, 1.54) is 0 Å². The maximum absolute atomic E-state index is 12.1. The van der Waals surface area contributed by atoms with Crippen molar-refractivity contribution < 1.29 is 13.2 Å². The Morgan fingerprint density at radius 1 is 1.60 bits per heavy atom. The van der Waals surface area contributed by atoms with Crippen LogP contribution in [-0.2, 0) is 14.6 Å². The Morgan fingerprint density at radius 3 is 2.90 bits per heavy atom. The summed E-state index contributed by atoms with van der Waals surface area (Å²) in [6, 6.07) is 1.94. The summed E-state index contributed by atoms with van der Waals surface area (Å²) >= 11 is 1.08. The Balaban J connectivity index is 2.29. The van der Waals surface area contributed by atoms with Crippen LogP contribution in [0.2, 0.25) is 0 Å². The molecule has 1 aliphatic rings. The van der Waals surface area contributed by atoms with Gasteiger partial charge < -0.3 is 15.8 Å². The van der Waals surface area contributed by atoms with Crippen molar-refractivity contribution in [3.63, 3.8) is 0 Å². The molecule has 1 saturated heterocycles. The van der Waals surface area contributed by atoms with E-state index in [1.807, 2.05) is 6.07 Å². The minimum Gasteiger partial charge on any atom is -0.396 e. The zero-order valence-corrected chi connectivity index (χ0v) is 12.8. The van der Waals surface area contributed by atoms with Gasteiger partial charge in [0.2, 0.25) is 0 Å². The van der Waals surface area contributed by atoms with Crippen LogP contribution >= 0.6 is 11.3 Å². The minimum atomic E-state index is -3.46. The predicted octanol–water partition coefficient (Wildman–Crippen LogP) is 1.59. The number of nitrogens with zero attached hydrogens (tertiary/aromatic N) is 1. The van der Waals surface area contributed by atoms with Crippen LogP contribution < -0.4 is 11.1 Å². The number of anilines is 2. The van der Waals surface area contributed by atoms with Gasteiger partial charge in [-0.3, -0.25) is 0 Å². The molecule has 2 rings (SSSR count). The molecule has 1 unspecified atom stereocenters. The van der Waals surface area contributed by atoms with Crippen molar-refractivity contribution in [2.75, 3.05) is 30.0 Å². The first-order chi connectivity index (χ1) is 9.49. The molecular weight excluding hydrogens is 298 g/mol. The van der Waals surface area contributed by atoms with Gasteiger partial charge in [0, 0.05) is 13.2 Å². The molecule has 0 saturated carbocycles. The van der Waals surface area contributed by atoms with Crippen LogP contribution in [0.15, 0.2) is 4.90 Å². The first-order valence-corrected chi connectivity index (χ1v) is 8.87. The average molecular weight is 315 g/mol. The van der Waals surface area contributed by atoms with Gasteiger partial charge in [-0.15, -0.1) is 11.3 Å². The summed E-state index contributed by atoms with van der Waals surface area (Å²) in [6.45, 7) is 2.82. The summed E-state index contributed by atoms with van der Waals surface area (Å²) in [4.78, 5) is 0.284. The Morgan fingerprint density at radius 2 is 2.35 bits per heavy atom. The second-order valence-corrected chi connectivity index (χ2v) is 7.77. The third-order valence-electron chi connectivity index (χ3n) is 3.21. The van der Waals surface area contributed by atoms with Crippen molar-refractivity contribution in [2.45, 2.75) is 30.8 Å². The molecule has 110 valence electrons. The third kappa shape index (κ3) is 2.90. The summed E-state index contributed by atoms with van der Waals surface area (Å²) in [6.07, 6.45) is 2.05. The zero-order valence-electron chi connectivity index (χ0n) is 11.2. The van der Waals surface area contributed by atoms with E-state index in [1.54, 1.807) is 6.92 Å². The highest BCUT2D eigenvalue weighted by Gasteiger charge is 2.26. The molecule has 1 fully saturated rings. The van der Waals surface area contributed by atoms with Crippen molar-refractivity contribution >= 4 is 31.9 Å². The van der Waals surface area contributed by atoms with E-state index >= 15 is 0 Å². The van der Waals surface area contributed by atoms with Crippen molar-refractivity contribution in [3.05, 3.63) is 4.88 Å². The highest BCUT2D eigenvalue weighted by molar-refractivity contribution is 7.91. The molecule has 1 aromatic rings. The third-order valence-corrected chi connectivity index (χ3v) is 6.21. The molecule has 1 atom stereocenters. The number of hydrogen-bond donors (Lipinski definition) is 2. The Kier molecular flexibility index (Phi) is 4.52. The topological polar surface area (TPSA) is 105 Å². The van der Waals surface area contributed by atoms with Crippen LogP contribution in [0.3, 0.4) is 0 Å². The van der Waals surface area contributed by atoms with Gasteiger partial charge in [0.15, 0.2) is 9.84 Å². The molecular formula is C12H17N3O3S2. The SMILES string of the molecule is CCS(=O)(=O)c1c(NCC2CCCO2)sc(C#N)c1N. The number of rotatable bonds is 5. The van der Waals surface area contributed by atoms with E-state index in [0.717, 1.165) is 30.8 Å². The van der Waals surface area contributed by atoms with Crippen molar-refractivity contribution in [3.8, 4) is 6.07 Å². The fourth-order valence-electron chi connectivity index (χ4n) is 2.09. The number of nitrogens with one attached hydrogen (secondary N) is 1. The summed E-state index contributed by atoms with van der Waals surface area (Å²) in [5, 5.41) is 12.5. The summed E-state index contributed by atoms with van der Waals surface area (Å²) in [5.41, 5.74) is 5.85. The van der Waals surface area contributed by atoms with E-state index in [4.69, 9.17) is 15.7 Å². The Bertz CT molecular complexity index is 625. The summed E-state index contributed by atoms with van der Waals surface area (Å²) in [7, 11) is -3.46. The normalized spacial score (nSPS) is 18.9. The smallest absolute Gasteiger partial charge is 0.183 e. The van der Waals surface area contributed by atoms with Crippen LogP contribution in [0.1, 0.15) is 24.6 Å². The van der Waals surface area contributed by atoms with Gasteiger partial charge in [0.25, 0.3) is 0 Å². The van der Waals surface area contributed by atoms with E-state index in [-0.39, 0.29) is 27.3 Å². The van der Waals surface area contributed by atoms with Crippen LogP contribution in [0.25, 0.3) is 0 Å². The molecule has 1 aliphatic heterocycles. The highest BCUT2D eigenvalue weighted by Crippen LogP contribution is 2.39. The molecule has 0 radical (unpaired) electrons. The summed E-state index contributed by atoms with van der Waals surface area (Å²) in [5.74, 6) is -0.0482. The molecule has 0 bridgehead atoms. The number of thiophene rings is 1. The lowest BCUT2D eigenvalue weighted by Gasteiger charge is -2.12. The fourth-order valence-corrected chi connectivity index (χ4v) is 4.56. The Labute approximate surface area is 122 Å². The monoisotopic (exact) mass is 315 g/mol. The Hall–Kier alpha value is -1.30.